The number of carbonyl (C=O) groups is 1. The summed E-state index contributed by atoms with van der Waals surface area (Å²) in [4.78, 5) is 15.7. The van der Waals surface area contributed by atoms with E-state index in [4.69, 9.17) is 16.3 Å². The maximum absolute atomic E-state index is 11.5. The van der Waals surface area contributed by atoms with Crippen molar-refractivity contribution in [2.45, 2.75) is 13.5 Å². The van der Waals surface area contributed by atoms with Crippen LogP contribution in [0, 0.1) is 0 Å². The quantitative estimate of drug-likeness (QED) is 0.780. The zero-order valence-corrected chi connectivity index (χ0v) is 12.5. The number of nitrogens with zero attached hydrogens (tertiary/aromatic N) is 1. The first-order chi connectivity index (χ1) is 9.06. The molecule has 0 radical (unpaired) electrons. The van der Waals surface area contributed by atoms with Crippen molar-refractivity contribution in [3.63, 3.8) is 0 Å². The van der Waals surface area contributed by atoms with Gasteiger partial charge in [0.1, 0.15) is 12.4 Å². The van der Waals surface area contributed by atoms with Crippen LogP contribution in [0.2, 0.25) is 5.02 Å². The maximum atomic E-state index is 11.5. The van der Waals surface area contributed by atoms with Crippen LogP contribution in [0.25, 0.3) is 0 Å². The lowest BCUT2D eigenvalue weighted by Gasteiger charge is -2.09. The van der Waals surface area contributed by atoms with Crippen LogP contribution in [0.3, 0.4) is 0 Å². The number of rotatable bonds is 4. The Morgan fingerprint density at radius 1 is 1.37 bits per heavy atom. The van der Waals surface area contributed by atoms with Crippen molar-refractivity contribution in [2.75, 3.05) is 0 Å². The summed E-state index contributed by atoms with van der Waals surface area (Å²) >= 11 is 9.19. The molecule has 0 aliphatic rings. The second-order valence-electron chi connectivity index (χ2n) is 3.95. The Hall–Kier alpha value is -1.39. The van der Waals surface area contributed by atoms with Crippen LogP contribution in [0.1, 0.15) is 23.0 Å². The molecule has 0 N–H and O–H groups in total. The Kier molecular flexibility index (Phi) is 4.56. The van der Waals surface area contributed by atoms with E-state index >= 15 is 0 Å². The van der Waals surface area contributed by atoms with Gasteiger partial charge in [0.15, 0.2) is 5.78 Å². The molecule has 98 valence electrons. The van der Waals surface area contributed by atoms with Crippen LogP contribution < -0.4 is 4.74 Å². The molecule has 5 heteroatoms. The normalized spacial score (nSPS) is 10.3. The standard InChI is InChI=1S/C14H11BrClNO2/c1-9(18)13-6-11(16)3-5-14(13)19-8-12-4-2-10(15)7-17-12/h2-7H,8H2,1H3. The molecule has 0 fully saturated rings. The number of halogens is 2. The third-order valence-corrected chi connectivity index (χ3v) is 3.19. The Balaban J connectivity index is 2.15. The van der Waals surface area contributed by atoms with Crippen molar-refractivity contribution in [3.05, 3.63) is 57.3 Å². The largest absolute Gasteiger partial charge is 0.487 e. The molecule has 0 saturated carbocycles. The molecule has 1 aromatic carbocycles. The molecule has 2 aromatic rings. The Bertz CT molecular complexity index is 599. The molecule has 0 unspecified atom stereocenters. The molecule has 0 aliphatic heterocycles. The summed E-state index contributed by atoms with van der Waals surface area (Å²) in [6.45, 7) is 1.78. The van der Waals surface area contributed by atoms with Gasteiger partial charge in [0.05, 0.1) is 11.3 Å². The number of hydrogen-bond donors (Lipinski definition) is 0. The minimum absolute atomic E-state index is 0.0822. The SMILES string of the molecule is CC(=O)c1cc(Cl)ccc1OCc1ccc(Br)cn1. The summed E-state index contributed by atoms with van der Waals surface area (Å²) in [7, 11) is 0. The van der Waals surface area contributed by atoms with E-state index in [1.807, 2.05) is 12.1 Å². The molecule has 19 heavy (non-hydrogen) atoms. The molecule has 1 heterocycles. The molecular formula is C14H11BrClNO2. The predicted molar refractivity (Wildman–Crippen MR) is 77.7 cm³/mol. The number of pyridine rings is 1. The van der Waals surface area contributed by atoms with E-state index in [0.717, 1.165) is 10.2 Å². The molecule has 0 bridgehead atoms. The van der Waals surface area contributed by atoms with Gasteiger partial charge in [-0.1, -0.05) is 11.6 Å². The first-order valence-corrected chi connectivity index (χ1v) is 6.77. The van der Waals surface area contributed by atoms with E-state index in [-0.39, 0.29) is 5.78 Å². The predicted octanol–water partition coefficient (Wildman–Crippen LogP) is 4.28. The first-order valence-electron chi connectivity index (χ1n) is 5.60. The average molecular weight is 341 g/mol. The van der Waals surface area contributed by atoms with Crippen molar-refractivity contribution in [2.24, 2.45) is 0 Å². The third-order valence-electron chi connectivity index (χ3n) is 2.49. The summed E-state index contributed by atoms with van der Waals surface area (Å²) in [5, 5.41) is 0.513. The topological polar surface area (TPSA) is 39.2 Å². The van der Waals surface area contributed by atoms with Gasteiger partial charge >= 0.3 is 0 Å². The monoisotopic (exact) mass is 339 g/mol. The van der Waals surface area contributed by atoms with Crippen molar-refractivity contribution in [1.82, 2.24) is 4.98 Å². The van der Waals surface area contributed by atoms with Gasteiger partial charge in [-0.05, 0) is 53.2 Å². The maximum Gasteiger partial charge on any atom is 0.163 e. The summed E-state index contributed by atoms with van der Waals surface area (Å²) in [5.41, 5.74) is 1.26. The lowest BCUT2D eigenvalue weighted by atomic mass is 10.1. The second-order valence-corrected chi connectivity index (χ2v) is 5.31. The van der Waals surface area contributed by atoms with Crippen molar-refractivity contribution >= 4 is 33.3 Å². The highest BCUT2D eigenvalue weighted by Crippen LogP contribution is 2.24. The molecule has 3 nitrogen and oxygen atoms in total. The number of Topliss-reactive ketones (excluding diaryl/α,β-unsaturated/α-hetero) is 1. The van der Waals surface area contributed by atoms with Gasteiger partial charge in [0.25, 0.3) is 0 Å². The lowest BCUT2D eigenvalue weighted by molar-refractivity contribution is 0.101. The van der Waals surface area contributed by atoms with Gasteiger partial charge in [-0.3, -0.25) is 9.78 Å². The second kappa shape index (κ2) is 6.17. The minimum Gasteiger partial charge on any atom is -0.487 e. The van der Waals surface area contributed by atoms with Crippen LogP contribution in [0.15, 0.2) is 41.0 Å². The fourth-order valence-corrected chi connectivity index (χ4v) is 1.95. The van der Waals surface area contributed by atoms with Crippen LogP contribution in [-0.4, -0.2) is 10.8 Å². The van der Waals surface area contributed by atoms with E-state index < -0.39 is 0 Å². The highest BCUT2D eigenvalue weighted by atomic mass is 79.9. The minimum atomic E-state index is -0.0822. The van der Waals surface area contributed by atoms with Crippen LogP contribution in [0.5, 0.6) is 5.75 Å². The fourth-order valence-electron chi connectivity index (χ4n) is 1.55. The number of hydrogen-bond acceptors (Lipinski definition) is 3. The molecule has 0 saturated heterocycles. The van der Waals surface area contributed by atoms with Gasteiger partial charge in [0, 0.05) is 15.7 Å². The highest BCUT2D eigenvalue weighted by Gasteiger charge is 2.09. The number of aromatic nitrogens is 1. The lowest BCUT2D eigenvalue weighted by Crippen LogP contribution is -2.02. The van der Waals surface area contributed by atoms with Crippen LogP contribution in [0.4, 0.5) is 0 Å². The first kappa shape index (κ1) is 14.0. The summed E-state index contributed by atoms with van der Waals surface area (Å²) in [6.07, 6.45) is 1.70. The number of carbonyl (C=O) groups excluding carboxylic acids is 1. The van der Waals surface area contributed by atoms with E-state index in [1.165, 1.54) is 6.92 Å². The summed E-state index contributed by atoms with van der Waals surface area (Å²) in [5.74, 6) is 0.433. The van der Waals surface area contributed by atoms with Gasteiger partial charge in [-0.2, -0.15) is 0 Å². The molecule has 0 atom stereocenters. The molecule has 1 aromatic heterocycles. The van der Waals surface area contributed by atoms with Crippen molar-refractivity contribution in [3.8, 4) is 5.75 Å². The smallest absolute Gasteiger partial charge is 0.163 e. The summed E-state index contributed by atoms with van der Waals surface area (Å²) < 4.78 is 6.53. The van der Waals surface area contributed by atoms with Gasteiger partial charge in [0.2, 0.25) is 0 Å². The van der Waals surface area contributed by atoms with Gasteiger partial charge in [-0.25, -0.2) is 0 Å². The average Bonchev–Trinajstić information content (AvgIpc) is 2.39. The fraction of sp³-hybridized carbons (Fsp3) is 0.143. The van der Waals surface area contributed by atoms with E-state index in [9.17, 15) is 4.79 Å². The third kappa shape index (κ3) is 3.78. The van der Waals surface area contributed by atoms with Gasteiger partial charge in [-0.15, -0.1) is 0 Å². The highest BCUT2D eigenvalue weighted by molar-refractivity contribution is 9.10. The molecule has 2 rings (SSSR count). The number of ether oxygens (including phenoxy) is 1. The Morgan fingerprint density at radius 3 is 2.79 bits per heavy atom. The van der Waals surface area contributed by atoms with Crippen molar-refractivity contribution in [1.29, 1.82) is 0 Å². The number of benzene rings is 1. The summed E-state index contributed by atoms with van der Waals surface area (Å²) in [6, 6.07) is 8.73. The number of ketones is 1. The van der Waals surface area contributed by atoms with E-state index in [2.05, 4.69) is 20.9 Å². The zero-order valence-electron chi connectivity index (χ0n) is 10.2. The van der Waals surface area contributed by atoms with Crippen LogP contribution in [-0.2, 0) is 6.61 Å². The van der Waals surface area contributed by atoms with Crippen LogP contribution >= 0.6 is 27.5 Å². The molecule has 0 aliphatic carbocycles. The van der Waals surface area contributed by atoms with Crippen molar-refractivity contribution < 1.29 is 9.53 Å². The molecular weight excluding hydrogens is 330 g/mol. The van der Waals surface area contributed by atoms with Gasteiger partial charge < -0.3 is 4.74 Å². The molecule has 0 amide bonds. The molecule has 0 spiro atoms. The zero-order chi connectivity index (χ0) is 13.8. The Labute approximate surface area is 124 Å². The van der Waals surface area contributed by atoms with E-state index in [0.29, 0.717) is 22.9 Å². The van der Waals surface area contributed by atoms with E-state index in [1.54, 1.807) is 24.4 Å². The Morgan fingerprint density at radius 2 is 2.16 bits per heavy atom.